The van der Waals surface area contributed by atoms with Gasteiger partial charge in [-0.1, -0.05) is 0 Å². The lowest BCUT2D eigenvalue weighted by molar-refractivity contribution is -0.0602. The van der Waals surface area contributed by atoms with Crippen LogP contribution in [-0.2, 0) is 51.2 Å². The van der Waals surface area contributed by atoms with Crippen LogP contribution in [0.3, 0.4) is 0 Å². The van der Waals surface area contributed by atoms with E-state index in [9.17, 15) is 19.7 Å². The molecule has 236 valence electrons. The maximum atomic E-state index is 16.0. The number of nitrogens with zero attached hydrogens (tertiary/aromatic N) is 6. The van der Waals surface area contributed by atoms with Crippen LogP contribution in [0.1, 0.15) is 12.5 Å². The van der Waals surface area contributed by atoms with Crippen molar-refractivity contribution in [1.29, 1.82) is 0 Å². The molecule has 2 unspecified atom stereocenters. The fourth-order valence-corrected chi connectivity index (χ4v) is 8.11. The zero-order valence-electron chi connectivity index (χ0n) is 22.0. The molecule has 44 heavy (non-hydrogen) atoms. The number of alkyl halides is 1. The third-order valence-corrected chi connectivity index (χ3v) is 10.4. The fraction of sp³-hybridized carbons (Fsp3) is 0.476. The second-order valence-electron chi connectivity index (χ2n) is 10.0. The van der Waals surface area contributed by atoms with Crippen molar-refractivity contribution in [2.45, 2.75) is 49.1 Å². The molecule has 0 saturated carbocycles. The zero-order valence-corrected chi connectivity index (χ0v) is 25.4. The number of halogens is 1. The second kappa shape index (κ2) is 11.2. The highest BCUT2D eigenvalue weighted by atomic mass is 32.5. The van der Waals surface area contributed by atoms with E-state index in [1.54, 1.807) is 0 Å². The van der Waals surface area contributed by atoms with E-state index >= 15 is 4.39 Å². The van der Waals surface area contributed by atoms with E-state index in [1.165, 1.54) is 34.1 Å². The van der Waals surface area contributed by atoms with Crippen LogP contribution in [0.5, 0.6) is 0 Å². The van der Waals surface area contributed by atoms with Crippen LogP contribution < -0.4 is 11.3 Å². The van der Waals surface area contributed by atoms with E-state index in [4.69, 9.17) is 56.9 Å². The Morgan fingerprint density at radius 3 is 2.30 bits per heavy atom. The minimum Gasteiger partial charge on any atom is -0.397 e. The first-order valence-corrected chi connectivity index (χ1v) is 18.0. The van der Waals surface area contributed by atoms with E-state index in [2.05, 4.69) is 24.9 Å². The molecule has 3 aliphatic rings. The number of aliphatic hydroxyl groups is 1. The maximum absolute atomic E-state index is 16.0. The zero-order chi connectivity index (χ0) is 31.0. The van der Waals surface area contributed by atoms with Crippen molar-refractivity contribution in [3.8, 4) is 0 Å². The number of imidazole rings is 2. The summed E-state index contributed by atoms with van der Waals surface area (Å²) >= 11 is 10.4. The van der Waals surface area contributed by atoms with Crippen molar-refractivity contribution in [3.05, 3.63) is 41.6 Å². The molecule has 6 N–H and O–H groups in total. The van der Waals surface area contributed by atoms with Crippen LogP contribution in [0.25, 0.3) is 22.3 Å². The Labute approximate surface area is 255 Å². The lowest BCUT2D eigenvalue weighted by atomic mass is 10.1. The number of hydrogen-bond acceptors (Lipinski definition) is 15. The van der Waals surface area contributed by atoms with Crippen LogP contribution in [0.2, 0.25) is 0 Å². The summed E-state index contributed by atoms with van der Waals surface area (Å²) in [5, 5.41) is 11.1. The predicted octanol–water partition coefficient (Wildman–Crippen LogP) is -0.109. The van der Waals surface area contributed by atoms with Crippen LogP contribution in [0, 0.1) is 0 Å². The van der Waals surface area contributed by atoms with Crippen molar-refractivity contribution >= 4 is 65.1 Å². The highest BCUT2D eigenvalue weighted by Gasteiger charge is 2.53. The van der Waals surface area contributed by atoms with Gasteiger partial charge >= 0.3 is 13.4 Å². The van der Waals surface area contributed by atoms with Crippen molar-refractivity contribution in [2.75, 3.05) is 18.9 Å². The topological polar surface area (TPSA) is 236 Å². The first kappa shape index (κ1) is 30.3. The van der Waals surface area contributed by atoms with E-state index in [0.29, 0.717) is 11.2 Å². The average Bonchev–Trinajstić information content (AvgIpc) is 3.73. The molecule has 10 atom stereocenters. The molecule has 2 bridgehead atoms. The normalized spacial score (nSPS) is 38.3. The Bertz CT molecular complexity index is 1900. The smallest absolute Gasteiger partial charge is 0.325 e. The molecule has 0 amide bonds. The van der Waals surface area contributed by atoms with E-state index in [0.717, 1.165) is 6.33 Å². The number of ether oxygens (including phenoxy) is 2. The fourth-order valence-electron chi connectivity index (χ4n) is 5.26. The van der Waals surface area contributed by atoms with Gasteiger partial charge in [0.2, 0.25) is 0 Å². The van der Waals surface area contributed by atoms with Gasteiger partial charge in [0, 0.05) is 6.20 Å². The number of aliphatic hydroxyl groups excluding tert-OH is 1. The minimum atomic E-state index is -4.23. The standard InChI is InChI=1S/C21H23FN8O10P2S2/c22-11-15-10(38-20(11)29-6-27-12-8(23)1-2-24-17(12)29)4-36-42(34,44)40-16-14(31)9(3-35-41(33,43)39-15)37-21(16)30-7-28-13-18(30)25-5-26-19(13)32/h1-2,5-7,9-11,14-16,20-21,31H,3-4H2,(H2,23,24)(H,33,43)(H,34,44)(H,25,26,32)/t9-,10-,11-,14-,15-,16-,20-,21-,41?,42?/m1/s1. The third-order valence-electron chi connectivity index (χ3n) is 7.30. The van der Waals surface area contributed by atoms with Gasteiger partial charge in [0.05, 0.1) is 37.9 Å². The van der Waals surface area contributed by atoms with E-state index < -0.39 is 81.4 Å². The van der Waals surface area contributed by atoms with Crippen molar-refractivity contribution in [1.82, 2.24) is 34.1 Å². The molecule has 7 heterocycles. The van der Waals surface area contributed by atoms with Gasteiger partial charge < -0.3 is 44.1 Å². The molecule has 3 fully saturated rings. The van der Waals surface area contributed by atoms with Gasteiger partial charge in [-0.15, -0.1) is 0 Å². The summed E-state index contributed by atoms with van der Waals surface area (Å²) in [5.41, 5.74) is 6.33. The number of rotatable bonds is 2. The second-order valence-corrected chi connectivity index (χ2v) is 15.6. The van der Waals surface area contributed by atoms with Gasteiger partial charge in [-0.25, -0.2) is 24.3 Å². The number of anilines is 1. The van der Waals surface area contributed by atoms with Crippen LogP contribution in [-0.4, -0.2) is 98.9 Å². The molecule has 18 nitrogen and oxygen atoms in total. The van der Waals surface area contributed by atoms with Gasteiger partial charge in [0.15, 0.2) is 35.4 Å². The highest BCUT2D eigenvalue weighted by Crippen LogP contribution is 2.54. The Balaban J connectivity index is 1.20. The SMILES string of the molecule is Nc1ccnc2c1ncn2[C@@H]1O[C@@H]2COP(O)(=S)O[C@@H]3[C@H](O)[C@@H](COP(O)(=S)O[C@H]2[C@H]1F)O[C@H]3n1cnc2c(=O)[nH]cnc21. The van der Waals surface area contributed by atoms with Crippen LogP contribution >= 0.6 is 13.4 Å². The molecular formula is C21H23FN8O10P2S2. The maximum Gasteiger partial charge on any atom is 0.325 e. The Morgan fingerprint density at radius 2 is 1.55 bits per heavy atom. The summed E-state index contributed by atoms with van der Waals surface area (Å²) < 4.78 is 52.8. The largest absolute Gasteiger partial charge is 0.397 e. The van der Waals surface area contributed by atoms with Gasteiger partial charge in [0.25, 0.3) is 5.56 Å². The predicted molar refractivity (Wildman–Crippen MR) is 153 cm³/mol. The molecule has 7 rings (SSSR count). The molecule has 3 aliphatic heterocycles. The third kappa shape index (κ3) is 5.30. The summed E-state index contributed by atoms with van der Waals surface area (Å²) in [7, 11) is 0. The molecule has 0 spiro atoms. The Hall–Kier alpha value is -2.36. The summed E-state index contributed by atoms with van der Waals surface area (Å²) in [4.78, 5) is 53.1. The monoisotopic (exact) mass is 692 g/mol. The van der Waals surface area contributed by atoms with Crippen LogP contribution in [0.4, 0.5) is 10.1 Å². The molecule has 3 saturated heterocycles. The lowest BCUT2D eigenvalue weighted by Gasteiger charge is -2.27. The number of hydrogen-bond donors (Lipinski definition) is 5. The summed E-state index contributed by atoms with van der Waals surface area (Å²) in [6.45, 7) is -9.59. The highest BCUT2D eigenvalue weighted by molar-refractivity contribution is 8.07. The number of nitrogens with two attached hydrogens (primary N) is 1. The summed E-state index contributed by atoms with van der Waals surface area (Å²) in [6, 6.07) is 1.53. The Morgan fingerprint density at radius 1 is 0.932 bits per heavy atom. The average molecular weight is 693 g/mol. The number of nitrogens with one attached hydrogen (secondary N) is 1. The van der Waals surface area contributed by atoms with E-state index in [1.807, 2.05) is 0 Å². The summed E-state index contributed by atoms with van der Waals surface area (Å²) in [5.74, 6) is 0. The van der Waals surface area contributed by atoms with Crippen molar-refractivity contribution in [2.24, 2.45) is 0 Å². The number of pyridine rings is 1. The minimum absolute atomic E-state index is 0.0271. The van der Waals surface area contributed by atoms with Gasteiger partial charge in [-0.3, -0.25) is 23.0 Å². The van der Waals surface area contributed by atoms with E-state index in [-0.39, 0.29) is 16.8 Å². The van der Waals surface area contributed by atoms with Crippen LogP contribution in [0.15, 0.2) is 36.0 Å². The lowest BCUT2D eigenvalue weighted by Crippen LogP contribution is -2.35. The van der Waals surface area contributed by atoms with Gasteiger partial charge in [0.1, 0.15) is 36.0 Å². The van der Waals surface area contributed by atoms with Gasteiger partial charge in [-0.2, -0.15) is 0 Å². The molecule has 0 radical (unpaired) electrons. The molecule has 4 aromatic rings. The number of aromatic nitrogens is 7. The number of H-pyrrole nitrogens is 1. The Kier molecular flexibility index (Phi) is 7.69. The van der Waals surface area contributed by atoms with Gasteiger partial charge in [-0.05, 0) is 29.7 Å². The first-order valence-electron chi connectivity index (χ1n) is 12.8. The quantitative estimate of drug-likeness (QED) is 0.172. The molecule has 0 aliphatic carbocycles. The molecule has 23 heteroatoms. The summed E-state index contributed by atoms with van der Waals surface area (Å²) in [6.07, 6.45) is -6.57. The van der Waals surface area contributed by atoms with Crippen molar-refractivity contribution in [3.63, 3.8) is 0 Å². The molecule has 4 aromatic heterocycles. The molecular weight excluding hydrogens is 669 g/mol. The molecule has 0 aromatic carbocycles. The number of nitrogen functional groups attached to an aromatic ring is 1. The van der Waals surface area contributed by atoms with Crippen molar-refractivity contribution < 1.29 is 46.9 Å². The first-order chi connectivity index (χ1) is 20.9. The number of aromatic amines is 1. The number of fused-ring (bicyclic) bond motifs is 5.